The monoisotopic (exact) mass is 424 g/mol. The molecule has 0 radical (unpaired) electrons. The van der Waals surface area contributed by atoms with E-state index in [-0.39, 0.29) is 5.63 Å². The van der Waals surface area contributed by atoms with Gasteiger partial charge in [-0.05, 0) is 49.1 Å². The molecule has 0 saturated heterocycles. The van der Waals surface area contributed by atoms with Gasteiger partial charge in [0.1, 0.15) is 17.0 Å². The summed E-state index contributed by atoms with van der Waals surface area (Å²) in [5.74, 6) is -1.79. The standard InChI is InChI=1S/C22H20N2O7/c1-24-9-3-6-17(24)21(27)23-19(25)11-30-20(26)12-29-13-7-8-15-14-4-2-5-16(14)22(28)31-18(15)10-13/h3,6-10H,2,4-5,11-12H2,1H3,(H,23,25,27). The summed E-state index contributed by atoms with van der Waals surface area (Å²) in [4.78, 5) is 47.7. The van der Waals surface area contributed by atoms with Gasteiger partial charge < -0.3 is 18.5 Å². The van der Waals surface area contributed by atoms with Crippen LogP contribution in [0.5, 0.6) is 5.75 Å². The average Bonchev–Trinajstić information content (AvgIpc) is 3.40. The molecule has 0 unspecified atom stereocenters. The second kappa shape index (κ2) is 8.47. The van der Waals surface area contributed by atoms with Gasteiger partial charge in [-0.3, -0.25) is 14.9 Å². The van der Waals surface area contributed by atoms with Crippen LogP contribution in [0.1, 0.15) is 28.0 Å². The summed E-state index contributed by atoms with van der Waals surface area (Å²) >= 11 is 0. The number of aromatic nitrogens is 1. The molecule has 31 heavy (non-hydrogen) atoms. The Kier molecular flexibility index (Phi) is 5.57. The first-order valence-corrected chi connectivity index (χ1v) is 9.75. The number of aryl methyl sites for hydroxylation is 2. The predicted octanol–water partition coefficient (Wildman–Crippen LogP) is 1.50. The van der Waals surface area contributed by atoms with Gasteiger partial charge in [-0.2, -0.15) is 0 Å². The quantitative estimate of drug-likeness (QED) is 0.471. The van der Waals surface area contributed by atoms with Crippen molar-refractivity contribution in [1.29, 1.82) is 0 Å². The number of hydrogen-bond acceptors (Lipinski definition) is 7. The molecule has 3 aromatic rings. The highest BCUT2D eigenvalue weighted by Crippen LogP contribution is 2.29. The Bertz CT molecular complexity index is 1240. The maximum absolute atomic E-state index is 12.1. The zero-order valence-electron chi connectivity index (χ0n) is 16.8. The van der Waals surface area contributed by atoms with Gasteiger partial charge in [-0.15, -0.1) is 0 Å². The molecular weight excluding hydrogens is 404 g/mol. The van der Waals surface area contributed by atoms with Gasteiger partial charge in [0.2, 0.25) is 0 Å². The van der Waals surface area contributed by atoms with Gasteiger partial charge in [0.15, 0.2) is 13.2 Å². The number of nitrogens with one attached hydrogen (secondary N) is 1. The summed E-state index contributed by atoms with van der Waals surface area (Å²) < 4.78 is 17.1. The first-order chi connectivity index (χ1) is 14.9. The lowest BCUT2D eigenvalue weighted by molar-refractivity contribution is -0.150. The molecular formula is C22H20N2O7. The fraction of sp³-hybridized carbons (Fsp3) is 0.273. The van der Waals surface area contributed by atoms with Crippen LogP contribution >= 0.6 is 0 Å². The minimum absolute atomic E-state index is 0.302. The van der Waals surface area contributed by atoms with Crippen molar-refractivity contribution in [2.45, 2.75) is 19.3 Å². The fourth-order valence-electron chi connectivity index (χ4n) is 3.61. The van der Waals surface area contributed by atoms with E-state index < -0.39 is 31.0 Å². The molecule has 1 aromatic carbocycles. The topological polar surface area (TPSA) is 117 Å². The third-order valence-corrected chi connectivity index (χ3v) is 5.10. The number of rotatable bonds is 6. The molecule has 1 aliphatic carbocycles. The number of ether oxygens (including phenoxy) is 2. The van der Waals surface area contributed by atoms with E-state index in [2.05, 4.69) is 5.32 Å². The molecule has 1 aliphatic rings. The smallest absolute Gasteiger partial charge is 0.344 e. The first kappa shape index (κ1) is 20.4. The Balaban J connectivity index is 1.30. The molecule has 0 spiro atoms. The van der Waals surface area contributed by atoms with Gasteiger partial charge in [0.05, 0.1) is 0 Å². The number of nitrogens with zero attached hydrogens (tertiary/aromatic N) is 1. The summed E-state index contributed by atoms with van der Waals surface area (Å²) in [6.07, 6.45) is 4.15. The number of carbonyl (C=O) groups excluding carboxylic acids is 3. The molecule has 0 bridgehead atoms. The Morgan fingerprint density at radius 3 is 2.71 bits per heavy atom. The lowest BCUT2D eigenvalue weighted by atomic mass is 10.1. The van der Waals surface area contributed by atoms with E-state index in [1.165, 1.54) is 0 Å². The van der Waals surface area contributed by atoms with E-state index in [4.69, 9.17) is 13.9 Å². The Hall–Kier alpha value is -3.88. The van der Waals surface area contributed by atoms with Crippen LogP contribution < -0.4 is 15.7 Å². The van der Waals surface area contributed by atoms with E-state index >= 15 is 0 Å². The lowest BCUT2D eigenvalue weighted by Crippen LogP contribution is -2.35. The number of carbonyl (C=O) groups is 3. The van der Waals surface area contributed by atoms with Crippen LogP contribution in [-0.2, 0) is 34.2 Å². The SMILES string of the molecule is Cn1cccc1C(=O)NC(=O)COC(=O)COc1ccc2c3c(c(=O)oc2c1)CCC3. The maximum Gasteiger partial charge on any atom is 0.344 e. The van der Waals surface area contributed by atoms with E-state index in [1.807, 2.05) is 0 Å². The van der Waals surface area contributed by atoms with Crippen molar-refractivity contribution in [3.8, 4) is 5.75 Å². The summed E-state index contributed by atoms with van der Waals surface area (Å²) in [7, 11) is 1.67. The highest BCUT2D eigenvalue weighted by Gasteiger charge is 2.20. The molecule has 4 rings (SSSR count). The zero-order chi connectivity index (χ0) is 22.0. The minimum atomic E-state index is -0.781. The van der Waals surface area contributed by atoms with Crippen molar-refractivity contribution in [2.75, 3.05) is 13.2 Å². The highest BCUT2D eigenvalue weighted by molar-refractivity contribution is 6.04. The maximum atomic E-state index is 12.1. The highest BCUT2D eigenvalue weighted by atomic mass is 16.6. The third kappa shape index (κ3) is 4.35. The summed E-state index contributed by atoms with van der Waals surface area (Å²) in [5, 5.41) is 3.00. The second-order valence-electron chi connectivity index (χ2n) is 7.19. The van der Waals surface area contributed by atoms with Gasteiger partial charge in [-0.25, -0.2) is 9.59 Å². The van der Waals surface area contributed by atoms with Gasteiger partial charge in [-0.1, -0.05) is 0 Å². The Labute approximate surface area is 176 Å². The van der Waals surface area contributed by atoms with E-state index in [0.29, 0.717) is 17.0 Å². The number of amides is 2. The minimum Gasteiger partial charge on any atom is -0.482 e. The zero-order valence-corrected chi connectivity index (χ0v) is 16.8. The largest absolute Gasteiger partial charge is 0.482 e. The van der Waals surface area contributed by atoms with Crippen molar-refractivity contribution in [3.05, 3.63) is 63.8 Å². The van der Waals surface area contributed by atoms with Gasteiger partial charge in [0.25, 0.3) is 11.8 Å². The Morgan fingerprint density at radius 2 is 1.94 bits per heavy atom. The normalized spacial score (nSPS) is 12.4. The molecule has 0 saturated carbocycles. The molecule has 0 fully saturated rings. The molecule has 1 N–H and O–H groups in total. The Morgan fingerprint density at radius 1 is 1.13 bits per heavy atom. The van der Waals surface area contributed by atoms with E-state index in [9.17, 15) is 19.2 Å². The molecule has 0 aliphatic heterocycles. The fourth-order valence-corrected chi connectivity index (χ4v) is 3.61. The molecule has 9 heteroatoms. The molecule has 0 atom stereocenters. The molecule has 160 valence electrons. The van der Waals surface area contributed by atoms with Crippen LogP contribution in [0.3, 0.4) is 0 Å². The molecule has 9 nitrogen and oxygen atoms in total. The lowest BCUT2D eigenvalue weighted by Gasteiger charge is -2.09. The van der Waals surface area contributed by atoms with Crippen LogP contribution in [0.25, 0.3) is 11.0 Å². The van der Waals surface area contributed by atoms with Crippen molar-refractivity contribution in [2.24, 2.45) is 7.05 Å². The van der Waals surface area contributed by atoms with Gasteiger partial charge in [0, 0.05) is 30.3 Å². The van der Waals surface area contributed by atoms with E-state index in [0.717, 1.165) is 35.8 Å². The van der Waals surface area contributed by atoms with Crippen LogP contribution in [0.2, 0.25) is 0 Å². The number of esters is 1. The number of imide groups is 1. The number of fused-ring (bicyclic) bond motifs is 3. The third-order valence-electron chi connectivity index (χ3n) is 5.10. The van der Waals surface area contributed by atoms with Crippen LogP contribution in [0.15, 0.2) is 45.7 Å². The van der Waals surface area contributed by atoms with Crippen molar-refractivity contribution < 1.29 is 28.3 Å². The molecule has 2 aromatic heterocycles. The predicted molar refractivity (Wildman–Crippen MR) is 109 cm³/mol. The van der Waals surface area contributed by atoms with Crippen LogP contribution in [-0.4, -0.2) is 35.6 Å². The van der Waals surface area contributed by atoms with Crippen molar-refractivity contribution >= 4 is 28.8 Å². The second-order valence-corrected chi connectivity index (χ2v) is 7.19. The van der Waals surface area contributed by atoms with Crippen LogP contribution in [0, 0.1) is 0 Å². The average molecular weight is 424 g/mol. The van der Waals surface area contributed by atoms with Crippen LogP contribution in [0.4, 0.5) is 0 Å². The first-order valence-electron chi connectivity index (χ1n) is 9.75. The summed E-state index contributed by atoms with van der Waals surface area (Å²) in [5.41, 5.74) is 2.10. The van der Waals surface area contributed by atoms with Gasteiger partial charge >= 0.3 is 11.6 Å². The number of hydrogen-bond donors (Lipinski definition) is 1. The summed E-state index contributed by atoms with van der Waals surface area (Å²) in [6, 6.07) is 8.25. The summed E-state index contributed by atoms with van der Waals surface area (Å²) in [6.45, 7) is -1.06. The molecule has 2 amide bonds. The molecule has 2 heterocycles. The van der Waals surface area contributed by atoms with Crippen molar-refractivity contribution in [3.63, 3.8) is 0 Å². The number of benzene rings is 1. The van der Waals surface area contributed by atoms with E-state index in [1.54, 1.807) is 48.1 Å². The van der Waals surface area contributed by atoms with Crippen molar-refractivity contribution in [1.82, 2.24) is 9.88 Å².